The van der Waals surface area contributed by atoms with Gasteiger partial charge in [0.15, 0.2) is 9.84 Å². The number of para-hydroxylation sites is 1. The molecule has 1 saturated heterocycles. The van der Waals surface area contributed by atoms with Crippen LogP contribution >= 0.6 is 11.6 Å². The molecule has 2 heterocycles. The van der Waals surface area contributed by atoms with Gasteiger partial charge in [-0.2, -0.15) is 5.10 Å². The van der Waals surface area contributed by atoms with Crippen LogP contribution in [0, 0.1) is 0 Å². The standard InChI is InChI=1S/C20H18ClN3O2S/c21-17-8-6-15(7-9-17)20-16(12-22-18-10-11-27(25,26)14-18)13-24(23-20)19-4-2-1-3-5-19/h1-9,12-13,18H,10-11,14H2/t18-/m0/s1. The predicted molar refractivity (Wildman–Crippen MR) is 109 cm³/mol. The lowest BCUT2D eigenvalue weighted by Crippen LogP contribution is -2.07. The Morgan fingerprint density at radius 3 is 2.52 bits per heavy atom. The second-order valence-corrected chi connectivity index (χ2v) is 9.22. The van der Waals surface area contributed by atoms with Crippen LogP contribution in [-0.2, 0) is 9.84 Å². The Balaban J connectivity index is 1.72. The first kappa shape index (κ1) is 17.9. The van der Waals surface area contributed by atoms with Gasteiger partial charge in [0.1, 0.15) is 5.69 Å². The van der Waals surface area contributed by atoms with Gasteiger partial charge in [0.05, 0.1) is 23.2 Å². The molecule has 0 unspecified atom stereocenters. The zero-order valence-corrected chi connectivity index (χ0v) is 16.1. The molecule has 0 bridgehead atoms. The number of aliphatic imine (C=N–C) groups is 1. The summed E-state index contributed by atoms with van der Waals surface area (Å²) in [5.74, 6) is 0.328. The second kappa shape index (κ2) is 7.29. The van der Waals surface area contributed by atoms with Crippen molar-refractivity contribution in [2.45, 2.75) is 12.5 Å². The third-order valence-corrected chi connectivity index (χ3v) is 6.52. The minimum atomic E-state index is -2.95. The van der Waals surface area contributed by atoms with Gasteiger partial charge in [0.25, 0.3) is 0 Å². The molecule has 1 atom stereocenters. The number of halogens is 1. The SMILES string of the molecule is O=S1(=O)CC[C@H](N=Cc2cn(-c3ccccc3)nc2-c2ccc(Cl)cc2)C1. The summed E-state index contributed by atoms with van der Waals surface area (Å²) in [5.41, 5.74) is 3.48. The van der Waals surface area contributed by atoms with Crippen LogP contribution in [0.25, 0.3) is 16.9 Å². The molecule has 1 fully saturated rings. The van der Waals surface area contributed by atoms with E-state index in [1.54, 1.807) is 10.9 Å². The Bertz CT molecular complexity index is 1070. The van der Waals surface area contributed by atoms with Crippen LogP contribution < -0.4 is 0 Å². The van der Waals surface area contributed by atoms with E-state index in [1.165, 1.54) is 0 Å². The van der Waals surface area contributed by atoms with E-state index in [-0.39, 0.29) is 17.5 Å². The normalized spacial score (nSPS) is 18.9. The minimum Gasteiger partial charge on any atom is -0.288 e. The highest BCUT2D eigenvalue weighted by Gasteiger charge is 2.27. The van der Waals surface area contributed by atoms with Crippen molar-refractivity contribution in [2.75, 3.05) is 11.5 Å². The van der Waals surface area contributed by atoms with Gasteiger partial charge in [-0.3, -0.25) is 4.99 Å². The summed E-state index contributed by atoms with van der Waals surface area (Å²) in [6.45, 7) is 0. The van der Waals surface area contributed by atoms with E-state index >= 15 is 0 Å². The summed E-state index contributed by atoms with van der Waals surface area (Å²) in [7, 11) is -2.95. The molecule has 27 heavy (non-hydrogen) atoms. The van der Waals surface area contributed by atoms with Crippen molar-refractivity contribution in [3.8, 4) is 16.9 Å². The fraction of sp³-hybridized carbons (Fsp3) is 0.200. The minimum absolute atomic E-state index is 0.118. The lowest BCUT2D eigenvalue weighted by atomic mass is 10.1. The van der Waals surface area contributed by atoms with E-state index < -0.39 is 9.84 Å². The molecule has 5 nitrogen and oxygen atoms in total. The average molecular weight is 400 g/mol. The smallest absolute Gasteiger partial charge is 0.152 e. The number of hydrogen-bond acceptors (Lipinski definition) is 4. The fourth-order valence-corrected chi connectivity index (χ4v) is 4.87. The molecule has 0 spiro atoms. The van der Waals surface area contributed by atoms with E-state index in [2.05, 4.69) is 4.99 Å². The van der Waals surface area contributed by atoms with Gasteiger partial charge in [-0.15, -0.1) is 0 Å². The number of nitrogens with zero attached hydrogens (tertiary/aromatic N) is 3. The molecule has 4 rings (SSSR count). The van der Waals surface area contributed by atoms with E-state index in [1.807, 2.05) is 60.8 Å². The van der Waals surface area contributed by atoms with Gasteiger partial charge in [-0.25, -0.2) is 13.1 Å². The molecule has 1 aromatic heterocycles. The lowest BCUT2D eigenvalue weighted by Gasteiger charge is -2.01. The third-order valence-electron chi connectivity index (χ3n) is 4.51. The second-order valence-electron chi connectivity index (χ2n) is 6.56. The number of hydrogen-bond donors (Lipinski definition) is 0. The molecule has 138 valence electrons. The summed E-state index contributed by atoms with van der Waals surface area (Å²) in [6, 6.07) is 17.1. The van der Waals surface area contributed by atoms with Crippen molar-refractivity contribution in [2.24, 2.45) is 4.99 Å². The monoisotopic (exact) mass is 399 g/mol. The Hall–Kier alpha value is -2.44. The van der Waals surface area contributed by atoms with Gasteiger partial charge < -0.3 is 0 Å². The summed E-state index contributed by atoms with van der Waals surface area (Å²) < 4.78 is 25.1. The number of rotatable bonds is 4. The van der Waals surface area contributed by atoms with Gasteiger partial charge in [-0.05, 0) is 30.7 Å². The summed E-state index contributed by atoms with van der Waals surface area (Å²) in [6.07, 6.45) is 4.22. The Morgan fingerprint density at radius 2 is 1.85 bits per heavy atom. The van der Waals surface area contributed by atoms with Gasteiger partial charge in [0, 0.05) is 28.6 Å². The van der Waals surface area contributed by atoms with Crippen LogP contribution in [0.1, 0.15) is 12.0 Å². The Labute approximate surface area is 163 Å². The zero-order valence-electron chi connectivity index (χ0n) is 14.5. The van der Waals surface area contributed by atoms with E-state index in [0.29, 0.717) is 11.4 Å². The third kappa shape index (κ3) is 4.12. The predicted octanol–water partition coefficient (Wildman–Crippen LogP) is 3.80. The molecule has 2 aromatic carbocycles. The van der Waals surface area contributed by atoms with Crippen molar-refractivity contribution in [3.05, 3.63) is 71.4 Å². The highest BCUT2D eigenvalue weighted by atomic mass is 35.5. The van der Waals surface area contributed by atoms with E-state index in [0.717, 1.165) is 22.5 Å². The van der Waals surface area contributed by atoms with Gasteiger partial charge in [0.2, 0.25) is 0 Å². The molecule has 1 aliphatic heterocycles. The number of sulfone groups is 1. The first-order valence-corrected chi connectivity index (χ1v) is 10.8. The summed E-state index contributed by atoms with van der Waals surface area (Å²) >= 11 is 6.01. The van der Waals surface area contributed by atoms with Crippen LogP contribution in [0.2, 0.25) is 5.02 Å². The topological polar surface area (TPSA) is 64.3 Å². The molecule has 0 saturated carbocycles. The molecule has 0 amide bonds. The molecule has 1 aliphatic rings. The van der Waals surface area contributed by atoms with Crippen molar-refractivity contribution in [1.82, 2.24) is 9.78 Å². The van der Waals surface area contributed by atoms with E-state index in [4.69, 9.17) is 16.7 Å². The van der Waals surface area contributed by atoms with Crippen LogP contribution in [0.4, 0.5) is 0 Å². The van der Waals surface area contributed by atoms with Crippen molar-refractivity contribution in [3.63, 3.8) is 0 Å². The highest BCUT2D eigenvalue weighted by molar-refractivity contribution is 7.91. The highest BCUT2D eigenvalue weighted by Crippen LogP contribution is 2.25. The first-order valence-electron chi connectivity index (χ1n) is 8.65. The molecular weight excluding hydrogens is 382 g/mol. The number of benzene rings is 2. The molecule has 0 radical (unpaired) electrons. The van der Waals surface area contributed by atoms with Gasteiger partial charge in [-0.1, -0.05) is 41.9 Å². The maximum absolute atomic E-state index is 11.7. The summed E-state index contributed by atoms with van der Waals surface area (Å²) in [5, 5.41) is 5.38. The van der Waals surface area contributed by atoms with Crippen molar-refractivity contribution >= 4 is 27.7 Å². The van der Waals surface area contributed by atoms with Crippen LogP contribution in [0.5, 0.6) is 0 Å². The lowest BCUT2D eigenvalue weighted by molar-refractivity contribution is 0.601. The Kier molecular flexibility index (Phi) is 4.85. The van der Waals surface area contributed by atoms with Crippen LogP contribution in [0.15, 0.2) is 65.8 Å². The first-order chi connectivity index (χ1) is 13.0. The maximum atomic E-state index is 11.7. The van der Waals surface area contributed by atoms with E-state index in [9.17, 15) is 8.42 Å². The molecule has 3 aromatic rings. The molecular formula is C20H18ClN3O2S. The largest absolute Gasteiger partial charge is 0.288 e. The molecule has 7 heteroatoms. The van der Waals surface area contributed by atoms with Crippen LogP contribution in [-0.4, -0.2) is 42.0 Å². The Morgan fingerprint density at radius 1 is 1.11 bits per heavy atom. The molecule has 0 aliphatic carbocycles. The average Bonchev–Trinajstić information content (AvgIpc) is 3.24. The molecule has 0 N–H and O–H groups in total. The van der Waals surface area contributed by atoms with Gasteiger partial charge >= 0.3 is 0 Å². The van der Waals surface area contributed by atoms with Crippen molar-refractivity contribution < 1.29 is 8.42 Å². The zero-order chi connectivity index (χ0) is 18.9. The number of aromatic nitrogens is 2. The van der Waals surface area contributed by atoms with Crippen LogP contribution in [0.3, 0.4) is 0 Å². The summed E-state index contributed by atoms with van der Waals surface area (Å²) in [4.78, 5) is 4.52. The quantitative estimate of drug-likeness (QED) is 0.627. The maximum Gasteiger partial charge on any atom is 0.152 e. The fourth-order valence-electron chi connectivity index (χ4n) is 3.11. The van der Waals surface area contributed by atoms with Crippen molar-refractivity contribution in [1.29, 1.82) is 0 Å².